The van der Waals surface area contributed by atoms with Crippen LogP contribution in [0.4, 0.5) is 5.69 Å². The summed E-state index contributed by atoms with van der Waals surface area (Å²) in [7, 11) is 0. The maximum atomic E-state index is 12.5. The molecular formula is C23H25N3O2. The van der Waals surface area contributed by atoms with E-state index >= 15 is 0 Å². The van der Waals surface area contributed by atoms with Gasteiger partial charge in [-0.3, -0.25) is 9.69 Å². The Morgan fingerprint density at radius 1 is 0.893 bits per heavy atom. The van der Waals surface area contributed by atoms with Crippen LogP contribution in [0.5, 0.6) is 0 Å². The first-order valence-electron chi connectivity index (χ1n) is 9.72. The fraction of sp³-hybridized carbons (Fsp3) is 0.261. The number of amides is 1. The Bertz CT molecular complexity index is 857. The molecule has 0 saturated carbocycles. The highest BCUT2D eigenvalue weighted by atomic mass is 16.3. The first-order chi connectivity index (χ1) is 13.8. The number of nitrogens with one attached hydrogen (secondary N) is 1. The normalized spacial score (nSPS) is 15.9. The highest BCUT2D eigenvalue weighted by Gasteiger charge is 2.27. The van der Waals surface area contributed by atoms with Crippen LogP contribution in [-0.2, 0) is 0 Å². The van der Waals surface area contributed by atoms with Crippen LogP contribution in [0.25, 0.3) is 0 Å². The van der Waals surface area contributed by atoms with Gasteiger partial charge in [0.2, 0.25) is 0 Å². The number of rotatable bonds is 6. The molecule has 3 aromatic rings. The summed E-state index contributed by atoms with van der Waals surface area (Å²) < 4.78 is 5.69. The lowest BCUT2D eigenvalue weighted by Crippen LogP contribution is -2.49. The minimum atomic E-state index is -0.0555. The number of para-hydroxylation sites is 1. The quantitative estimate of drug-likeness (QED) is 0.716. The molecule has 1 N–H and O–H groups in total. The fourth-order valence-corrected chi connectivity index (χ4v) is 3.70. The van der Waals surface area contributed by atoms with Crippen molar-refractivity contribution >= 4 is 11.6 Å². The topological polar surface area (TPSA) is 48.7 Å². The molecule has 4 rings (SSSR count). The molecule has 5 heteroatoms. The van der Waals surface area contributed by atoms with Gasteiger partial charge in [-0.1, -0.05) is 36.4 Å². The lowest BCUT2D eigenvalue weighted by atomic mass is 10.1. The minimum absolute atomic E-state index is 0.0283. The van der Waals surface area contributed by atoms with Crippen molar-refractivity contribution < 1.29 is 9.21 Å². The molecule has 2 heterocycles. The van der Waals surface area contributed by atoms with Gasteiger partial charge in [0.1, 0.15) is 5.76 Å². The number of nitrogens with zero attached hydrogens (tertiary/aromatic N) is 2. The summed E-state index contributed by atoms with van der Waals surface area (Å²) in [6.07, 6.45) is 1.70. The second-order valence-electron chi connectivity index (χ2n) is 6.97. The summed E-state index contributed by atoms with van der Waals surface area (Å²) in [5.41, 5.74) is 1.93. The van der Waals surface area contributed by atoms with Gasteiger partial charge < -0.3 is 14.6 Å². The molecule has 0 bridgehead atoms. The number of anilines is 1. The van der Waals surface area contributed by atoms with E-state index in [0.717, 1.165) is 31.9 Å². The Kier molecular flexibility index (Phi) is 5.73. The molecule has 1 aromatic heterocycles. The van der Waals surface area contributed by atoms with Crippen molar-refractivity contribution in [2.75, 3.05) is 37.6 Å². The predicted molar refractivity (Wildman–Crippen MR) is 110 cm³/mol. The average Bonchev–Trinajstić information content (AvgIpc) is 3.30. The van der Waals surface area contributed by atoms with Gasteiger partial charge in [0.15, 0.2) is 0 Å². The van der Waals surface area contributed by atoms with E-state index in [2.05, 4.69) is 39.4 Å². The lowest BCUT2D eigenvalue weighted by molar-refractivity contribution is 0.0923. The molecule has 5 nitrogen and oxygen atoms in total. The fourth-order valence-electron chi connectivity index (χ4n) is 3.70. The maximum absolute atomic E-state index is 12.5. The summed E-state index contributed by atoms with van der Waals surface area (Å²) in [6, 6.07) is 23.7. The third-order valence-electron chi connectivity index (χ3n) is 5.24. The van der Waals surface area contributed by atoms with Crippen LogP contribution >= 0.6 is 0 Å². The van der Waals surface area contributed by atoms with Crippen LogP contribution in [0.15, 0.2) is 83.5 Å². The maximum Gasteiger partial charge on any atom is 0.251 e. The van der Waals surface area contributed by atoms with Crippen molar-refractivity contribution in [1.29, 1.82) is 0 Å². The van der Waals surface area contributed by atoms with Gasteiger partial charge in [0, 0.05) is 44.0 Å². The summed E-state index contributed by atoms with van der Waals surface area (Å²) in [4.78, 5) is 17.3. The summed E-state index contributed by atoms with van der Waals surface area (Å²) in [5.74, 6) is 0.835. The third-order valence-corrected chi connectivity index (χ3v) is 5.24. The van der Waals surface area contributed by atoms with Crippen LogP contribution in [0, 0.1) is 0 Å². The molecular weight excluding hydrogens is 350 g/mol. The Morgan fingerprint density at radius 2 is 1.57 bits per heavy atom. The molecule has 1 aliphatic rings. The zero-order chi connectivity index (χ0) is 19.2. The molecule has 1 saturated heterocycles. The number of hydrogen-bond acceptors (Lipinski definition) is 4. The Balaban J connectivity index is 1.41. The number of carbonyl (C=O) groups is 1. The van der Waals surface area contributed by atoms with E-state index in [9.17, 15) is 4.79 Å². The van der Waals surface area contributed by atoms with Crippen molar-refractivity contribution in [3.05, 3.63) is 90.4 Å². The predicted octanol–water partition coefficient (Wildman–Crippen LogP) is 3.57. The molecule has 144 valence electrons. The van der Waals surface area contributed by atoms with Crippen LogP contribution in [0.2, 0.25) is 0 Å². The average molecular weight is 375 g/mol. The van der Waals surface area contributed by atoms with E-state index in [1.165, 1.54) is 5.69 Å². The monoisotopic (exact) mass is 375 g/mol. The number of benzene rings is 2. The number of furan rings is 1. The van der Waals surface area contributed by atoms with Crippen LogP contribution in [0.3, 0.4) is 0 Å². The molecule has 1 atom stereocenters. The molecule has 2 aromatic carbocycles. The first kappa shape index (κ1) is 18.3. The van der Waals surface area contributed by atoms with Gasteiger partial charge in [0.05, 0.1) is 12.3 Å². The van der Waals surface area contributed by atoms with E-state index in [0.29, 0.717) is 12.1 Å². The zero-order valence-electron chi connectivity index (χ0n) is 15.8. The van der Waals surface area contributed by atoms with Crippen molar-refractivity contribution in [2.45, 2.75) is 6.04 Å². The van der Waals surface area contributed by atoms with E-state index < -0.39 is 0 Å². The smallest absolute Gasteiger partial charge is 0.251 e. The Labute approximate surface area is 165 Å². The van der Waals surface area contributed by atoms with Crippen LogP contribution in [-0.4, -0.2) is 43.5 Å². The SMILES string of the molecule is O=C(NC[C@H](c1ccco1)N1CCN(c2ccccc2)CC1)c1ccccc1. The van der Waals surface area contributed by atoms with Crippen molar-refractivity contribution in [2.24, 2.45) is 0 Å². The molecule has 0 spiro atoms. The Morgan fingerprint density at radius 3 is 2.21 bits per heavy atom. The van der Waals surface area contributed by atoms with Crippen LogP contribution in [0.1, 0.15) is 22.2 Å². The van der Waals surface area contributed by atoms with Gasteiger partial charge in [-0.05, 0) is 36.4 Å². The lowest BCUT2D eigenvalue weighted by Gasteiger charge is -2.39. The zero-order valence-corrected chi connectivity index (χ0v) is 15.8. The number of hydrogen-bond donors (Lipinski definition) is 1. The first-order valence-corrected chi connectivity index (χ1v) is 9.72. The highest BCUT2D eigenvalue weighted by Crippen LogP contribution is 2.24. The van der Waals surface area contributed by atoms with E-state index in [1.54, 1.807) is 6.26 Å². The van der Waals surface area contributed by atoms with Crippen LogP contribution < -0.4 is 10.2 Å². The van der Waals surface area contributed by atoms with E-state index in [1.807, 2.05) is 48.5 Å². The summed E-state index contributed by atoms with van der Waals surface area (Å²) in [6.45, 7) is 4.26. The standard InChI is InChI=1S/C23H25N3O2/c27-23(19-8-3-1-4-9-19)24-18-21(22-12-7-17-28-22)26-15-13-25(14-16-26)20-10-5-2-6-11-20/h1-12,17,21H,13-16,18H2,(H,24,27)/t21-/m1/s1. The Hall–Kier alpha value is -3.05. The van der Waals surface area contributed by atoms with E-state index in [-0.39, 0.29) is 11.9 Å². The van der Waals surface area contributed by atoms with Crippen molar-refractivity contribution in [1.82, 2.24) is 10.2 Å². The van der Waals surface area contributed by atoms with E-state index in [4.69, 9.17) is 4.42 Å². The third kappa shape index (κ3) is 4.26. The van der Waals surface area contributed by atoms with Gasteiger partial charge >= 0.3 is 0 Å². The van der Waals surface area contributed by atoms with Gasteiger partial charge in [-0.15, -0.1) is 0 Å². The highest BCUT2D eigenvalue weighted by molar-refractivity contribution is 5.94. The molecule has 28 heavy (non-hydrogen) atoms. The summed E-state index contributed by atoms with van der Waals surface area (Å²) >= 11 is 0. The largest absolute Gasteiger partial charge is 0.468 e. The number of carbonyl (C=O) groups excluding carboxylic acids is 1. The van der Waals surface area contributed by atoms with Gasteiger partial charge in [-0.25, -0.2) is 0 Å². The van der Waals surface area contributed by atoms with Crippen molar-refractivity contribution in [3.63, 3.8) is 0 Å². The molecule has 1 amide bonds. The van der Waals surface area contributed by atoms with Gasteiger partial charge in [0.25, 0.3) is 5.91 Å². The minimum Gasteiger partial charge on any atom is -0.468 e. The van der Waals surface area contributed by atoms with Gasteiger partial charge in [-0.2, -0.15) is 0 Å². The molecule has 1 aliphatic heterocycles. The summed E-state index contributed by atoms with van der Waals surface area (Å²) in [5, 5.41) is 3.07. The second kappa shape index (κ2) is 8.76. The molecule has 0 aliphatic carbocycles. The number of piperazine rings is 1. The molecule has 0 unspecified atom stereocenters. The molecule has 0 radical (unpaired) electrons. The molecule has 1 fully saturated rings. The van der Waals surface area contributed by atoms with Crippen molar-refractivity contribution in [3.8, 4) is 0 Å². The second-order valence-corrected chi connectivity index (χ2v) is 6.97.